The van der Waals surface area contributed by atoms with Gasteiger partial charge in [-0.3, -0.25) is 15.1 Å². The molecule has 134 valence electrons. The number of phenolic OH excluding ortho intramolecular Hbond substituents is 1. The number of halogens is 4. The Morgan fingerprint density at radius 1 is 1.19 bits per heavy atom. The molecule has 3 rings (SSSR count). The Hall–Kier alpha value is -2.45. The normalized spacial score (nSPS) is 16.6. The maximum Gasteiger partial charge on any atom is 0.418 e. The SMILES string of the molecule is N=C1S/C(=C\c2cc(Cl)ccc2O)C(=O)N1c1ccccc1C(F)(F)F. The minimum absolute atomic E-state index is 0.00421. The van der Waals surface area contributed by atoms with Crippen molar-refractivity contribution in [2.24, 2.45) is 0 Å². The minimum Gasteiger partial charge on any atom is -0.507 e. The van der Waals surface area contributed by atoms with Crippen LogP contribution in [0.3, 0.4) is 0 Å². The van der Waals surface area contributed by atoms with E-state index in [4.69, 9.17) is 17.0 Å². The molecule has 1 saturated heterocycles. The van der Waals surface area contributed by atoms with Crippen LogP contribution >= 0.6 is 23.4 Å². The van der Waals surface area contributed by atoms with Crippen molar-refractivity contribution in [3.05, 3.63) is 63.5 Å². The molecule has 1 fully saturated rings. The zero-order valence-corrected chi connectivity index (χ0v) is 14.4. The second-order valence-corrected chi connectivity index (χ2v) is 6.74. The molecule has 4 nitrogen and oxygen atoms in total. The van der Waals surface area contributed by atoms with Gasteiger partial charge in [-0.2, -0.15) is 13.2 Å². The first-order valence-electron chi connectivity index (χ1n) is 7.16. The molecule has 0 radical (unpaired) electrons. The number of para-hydroxylation sites is 1. The Balaban J connectivity index is 2.04. The summed E-state index contributed by atoms with van der Waals surface area (Å²) in [6, 6.07) is 8.76. The van der Waals surface area contributed by atoms with Gasteiger partial charge in [-0.1, -0.05) is 23.7 Å². The molecule has 2 aromatic carbocycles. The minimum atomic E-state index is -4.67. The van der Waals surface area contributed by atoms with Crippen molar-refractivity contribution in [1.29, 1.82) is 5.41 Å². The van der Waals surface area contributed by atoms with E-state index in [1.807, 2.05) is 0 Å². The van der Waals surface area contributed by atoms with E-state index in [0.29, 0.717) is 21.7 Å². The largest absolute Gasteiger partial charge is 0.507 e. The van der Waals surface area contributed by atoms with Crippen LogP contribution in [0.4, 0.5) is 18.9 Å². The highest BCUT2D eigenvalue weighted by atomic mass is 35.5. The van der Waals surface area contributed by atoms with Gasteiger partial charge < -0.3 is 5.11 Å². The van der Waals surface area contributed by atoms with Gasteiger partial charge in [0.05, 0.1) is 16.2 Å². The van der Waals surface area contributed by atoms with Crippen LogP contribution in [0.5, 0.6) is 5.75 Å². The fraction of sp³-hybridized carbons (Fsp3) is 0.0588. The maximum absolute atomic E-state index is 13.2. The van der Waals surface area contributed by atoms with Gasteiger partial charge in [-0.15, -0.1) is 0 Å². The highest BCUT2D eigenvalue weighted by Crippen LogP contribution is 2.42. The van der Waals surface area contributed by atoms with E-state index >= 15 is 0 Å². The van der Waals surface area contributed by atoms with Crippen LogP contribution in [-0.4, -0.2) is 16.2 Å². The summed E-state index contributed by atoms with van der Waals surface area (Å²) in [6.07, 6.45) is -3.38. The molecule has 0 bridgehead atoms. The summed E-state index contributed by atoms with van der Waals surface area (Å²) in [5.74, 6) is -0.924. The lowest BCUT2D eigenvalue weighted by Gasteiger charge is -2.19. The number of benzene rings is 2. The summed E-state index contributed by atoms with van der Waals surface area (Å²) in [7, 11) is 0. The molecule has 1 aliphatic rings. The Bertz CT molecular complexity index is 944. The number of amidine groups is 1. The van der Waals surface area contributed by atoms with Gasteiger partial charge in [0.1, 0.15) is 5.75 Å². The third-order valence-corrected chi connectivity index (χ3v) is 4.67. The Labute approximate surface area is 155 Å². The molecule has 2 aromatic rings. The molecule has 26 heavy (non-hydrogen) atoms. The number of rotatable bonds is 2. The molecule has 1 amide bonds. The molecule has 0 aliphatic carbocycles. The van der Waals surface area contributed by atoms with E-state index in [9.17, 15) is 23.1 Å². The summed E-state index contributed by atoms with van der Waals surface area (Å²) in [6.45, 7) is 0. The standard InChI is InChI=1S/C17H10ClF3N2O2S/c18-10-5-6-13(24)9(7-10)8-14-15(25)23(16(22)26-14)12-4-2-1-3-11(12)17(19,20)21/h1-8,22,24H/b14-8-,22-16?. The van der Waals surface area contributed by atoms with E-state index in [2.05, 4.69) is 0 Å². The number of carbonyl (C=O) groups is 1. The Kier molecular flexibility index (Phi) is 4.72. The van der Waals surface area contributed by atoms with Crippen LogP contribution in [0.15, 0.2) is 47.4 Å². The van der Waals surface area contributed by atoms with E-state index in [1.54, 1.807) is 0 Å². The van der Waals surface area contributed by atoms with Gasteiger partial charge in [-0.25, -0.2) is 0 Å². The van der Waals surface area contributed by atoms with Crippen molar-refractivity contribution in [2.75, 3.05) is 4.90 Å². The number of nitrogens with zero attached hydrogens (tertiary/aromatic N) is 1. The van der Waals surface area contributed by atoms with E-state index in [-0.39, 0.29) is 21.4 Å². The molecule has 1 heterocycles. The summed E-state index contributed by atoms with van der Waals surface area (Å²) in [5.41, 5.74) is -1.20. The highest BCUT2D eigenvalue weighted by Gasteiger charge is 2.40. The summed E-state index contributed by atoms with van der Waals surface area (Å²) < 4.78 is 39.7. The highest BCUT2D eigenvalue weighted by molar-refractivity contribution is 8.19. The van der Waals surface area contributed by atoms with Crippen molar-refractivity contribution < 1.29 is 23.1 Å². The van der Waals surface area contributed by atoms with Crippen LogP contribution in [0.1, 0.15) is 11.1 Å². The van der Waals surface area contributed by atoms with Gasteiger partial charge in [0, 0.05) is 10.6 Å². The molecule has 9 heteroatoms. The number of phenols is 1. The van der Waals surface area contributed by atoms with Gasteiger partial charge in [-0.05, 0) is 48.2 Å². The second-order valence-electron chi connectivity index (χ2n) is 5.27. The summed E-state index contributed by atoms with van der Waals surface area (Å²) in [4.78, 5) is 13.3. The van der Waals surface area contributed by atoms with Gasteiger partial charge >= 0.3 is 6.18 Å². The van der Waals surface area contributed by atoms with Crippen LogP contribution < -0.4 is 4.90 Å². The topological polar surface area (TPSA) is 64.4 Å². The molecule has 0 unspecified atom stereocenters. The third-order valence-electron chi connectivity index (χ3n) is 3.55. The van der Waals surface area contributed by atoms with Crippen molar-refractivity contribution >= 4 is 46.2 Å². The number of thioether (sulfide) groups is 1. The van der Waals surface area contributed by atoms with E-state index in [1.165, 1.54) is 36.4 Å². The zero-order chi connectivity index (χ0) is 19.1. The fourth-order valence-electron chi connectivity index (χ4n) is 2.40. The first-order chi connectivity index (χ1) is 12.2. The predicted octanol–water partition coefficient (Wildman–Crippen LogP) is 5.12. The fourth-order valence-corrected chi connectivity index (χ4v) is 3.42. The molecule has 0 aromatic heterocycles. The average Bonchev–Trinajstić information content (AvgIpc) is 2.84. The Morgan fingerprint density at radius 3 is 2.58 bits per heavy atom. The monoisotopic (exact) mass is 398 g/mol. The molecule has 0 spiro atoms. The number of anilines is 1. The average molecular weight is 399 g/mol. The van der Waals surface area contributed by atoms with Gasteiger partial charge in [0.15, 0.2) is 5.17 Å². The number of alkyl halides is 3. The molecular weight excluding hydrogens is 389 g/mol. The first-order valence-corrected chi connectivity index (χ1v) is 8.35. The number of amides is 1. The van der Waals surface area contributed by atoms with E-state index < -0.39 is 23.3 Å². The Morgan fingerprint density at radius 2 is 1.88 bits per heavy atom. The number of hydrogen-bond donors (Lipinski definition) is 2. The molecule has 2 N–H and O–H groups in total. The summed E-state index contributed by atoms with van der Waals surface area (Å²) in [5, 5.41) is 17.7. The number of nitrogens with one attached hydrogen (secondary N) is 1. The third kappa shape index (κ3) is 3.42. The molecule has 1 aliphatic heterocycles. The maximum atomic E-state index is 13.2. The predicted molar refractivity (Wildman–Crippen MR) is 95.3 cm³/mol. The lowest BCUT2D eigenvalue weighted by molar-refractivity contribution is -0.137. The summed E-state index contributed by atoms with van der Waals surface area (Å²) >= 11 is 6.56. The molecule has 0 atom stereocenters. The lowest BCUT2D eigenvalue weighted by atomic mass is 10.1. The van der Waals surface area contributed by atoms with Crippen LogP contribution in [0, 0.1) is 5.41 Å². The molecule has 0 saturated carbocycles. The smallest absolute Gasteiger partial charge is 0.418 e. The quantitative estimate of drug-likeness (QED) is 0.690. The van der Waals surface area contributed by atoms with Crippen LogP contribution in [0.25, 0.3) is 6.08 Å². The number of carbonyl (C=O) groups excluding carboxylic acids is 1. The van der Waals surface area contributed by atoms with Crippen molar-refractivity contribution in [2.45, 2.75) is 6.18 Å². The zero-order valence-electron chi connectivity index (χ0n) is 12.8. The van der Waals surface area contributed by atoms with Crippen molar-refractivity contribution in [1.82, 2.24) is 0 Å². The van der Waals surface area contributed by atoms with Crippen molar-refractivity contribution in [3.63, 3.8) is 0 Å². The van der Waals surface area contributed by atoms with E-state index in [0.717, 1.165) is 12.1 Å². The number of hydrogen-bond acceptors (Lipinski definition) is 4. The number of aromatic hydroxyl groups is 1. The van der Waals surface area contributed by atoms with Gasteiger partial charge in [0.25, 0.3) is 5.91 Å². The van der Waals surface area contributed by atoms with Crippen molar-refractivity contribution in [3.8, 4) is 5.75 Å². The van der Waals surface area contributed by atoms with Crippen LogP contribution in [-0.2, 0) is 11.0 Å². The second kappa shape index (κ2) is 6.69. The lowest BCUT2D eigenvalue weighted by Crippen LogP contribution is -2.30. The van der Waals surface area contributed by atoms with Gasteiger partial charge in [0.2, 0.25) is 0 Å². The first kappa shape index (κ1) is 18.3. The molecular formula is C17H10ClF3N2O2S. The van der Waals surface area contributed by atoms with Crippen LogP contribution in [0.2, 0.25) is 5.02 Å².